The SMILES string of the molecule is COC(OC)[C@]1(C)C[C@H](O)c2cc([N+](=O)[O-])ccc2O1. The summed E-state index contributed by atoms with van der Waals surface area (Å²) in [6.07, 6.45) is -1.31. The molecular formula is C13H17NO6. The monoisotopic (exact) mass is 283 g/mol. The summed E-state index contributed by atoms with van der Waals surface area (Å²) in [5.74, 6) is 0.399. The second kappa shape index (κ2) is 5.35. The summed E-state index contributed by atoms with van der Waals surface area (Å²) in [6, 6.07) is 4.15. The molecule has 110 valence electrons. The van der Waals surface area contributed by atoms with Gasteiger partial charge >= 0.3 is 0 Å². The van der Waals surface area contributed by atoms with E-state index in [1.54, 1.807) is 6.92 Å². The van der Waals surface area contributed by atoms with Crippen molar-refractivity contribution in [1.82, 2.24) is 0 Å². The number of rotatable bonds is 4. The normalized spacial score (nSPS) is 25.1. The Kier molecular flexibility index (Phi) is 3.94. The average molecular weight is 283 g/mol. The van der Waals surface area contributed by atoms with Gasteiger partial charge in [-0.2, -0.15) is 0 Å². The number of fused-ring (bicyclic) bond motifs is 1. The molecule has 7 heteroatoms. The number of benzene rings is 1. The van der Waals surface area contributed by atoms with E-state index in [0.717, 1.165) is 0 Å². The van der Waals surface area contributed by atoms with Crippen LogP contribution >= 0.6 is 0 Å². The quantitative estimate of drug-likeness (QED) is 0.514. The molecule has 0 aliphatic carbocycles. The van der Waals surface area contributed by atoms with Crippen LogP contribution in [0.2, 0.25) is 0 Å². The lowest BCUT2D eigenvalue weighted by molar-refractivity contribution is -0.385. The minimum atomic E-state index is -0.878. The highest BCUT2D eigenvalue weighted by atomic mass is 16.7. The predicted molar refractivity (Wildman–Crippen MR) is 69.5 cm³/mol. The molecule has 0 saturated carbocycles. The first kappa shape index (κ1) is 14.7. The number of nitro groups is 1. The van der Waals surface area contributed by atoms with Crippen LogP contribution in [-0.2, 0) is 9.47 Å². The van der Waals surface area contributed by atoms with Crippen molar-refractivity contribution in [1.29, 1.82) is 0 Å². The fourth-order valence-electron chi connectivity index (χ4n) is 2.53. The second-order valence-electron chi connectivity index (χ2n) is 4.92. The highest BCUT2D eigenvalue weighted by Crippen LogP contribution is 2.43. The van der Waals surface area contributed by atoms with Gasteiger partial charge < -0.3 is 19.3 Å². The zero-order valence-electron chi connectivity index (χ0n) is 11.5. The summed E-state index contributed by atoms with van der Waals surface area (Å²) in [7, 11) is 2.97. The molecule has 0 radical (unpaired) electrons. The maximum Gasteiger partial charge on any atom is 0.270 e. The molecule has 1 aromatic rings. The molecule has 1 N–H and O–H groups in total. The van der Waals surface area contributed by atoms with E-state index in [1.807, 2.05) is 0 Å². The van der Waals surface area contributed by atoms with E-state index in [0.29, 0.717) is 11.3 Å². The van der Waals surface area contributed by atoms with Crippen LogP contribution in [0.5, 0.6) is 5.75 Å². The van der Waals surface area contributed by atoms with Gasteiger partial charge in [0.1, 0.15) is 5.75 Å². The Hall–Kier alpha value is -1.70. The van der Waals surface area contributed by atoms with E-state index in [9.17, 15) is 15.2 Å². The van der Waals surface area contributed by atoms with Gasteiger partial charge in [0, 0.05) is 38.3 Å². The Labute approximate surface area is 116 Å². The third-order valence-corrected chi connectivity index (χ3v) is 3.43. The maximum atomic E-state index is 10.8. The summed E-state index contributed by atoms with van der Waals surface area (Å²) in [6.45, 7) is 1.76. The first-order chi connectivity index (χ1) is 9.41. The first-order valence-electron chi connectivity index (χ1n) is 6.12. The van der Waals surface area contributed by atoms with Crippen molar-refractivity contribution in [2.75, 3.05) is 14.2 Å². The van der Waals surface area contributed by atoms with Crippen molar-refractivity contribution < 1.29 is 24.2 Å². The summed E-state index contributed by atoms with van der Waals surface area (Å²) in [5.41, 5.74) is -0.542. The summed E-state index contributed by atoms with van der Waals surface area (Å²) in [5, 5.41) is 21.0. The molecule has 2 rings (SSSR count). The largest absolute Gasteiger partial charge is 0.482 e. The lowest BCUT2D eigenvalue weighted by Crippen LogP contribution is -2.50. The lowest BCUT2D eigenvalue weighted by Gasteiger charge is -2.41. The number of nitrogens with zero attached hydrogens (tertiary/aromatic N) is 1. The number of hydrogen-bond acceptors (Lipinski definition) is 6. The van der Waals surface area contributed by atoms with Crippen LogP contribution in [0.4, 0.5) is 5.69 Å². The van der Waals surface area contributed by atoms with E-state index in [-0.39, 0.29) is 12.1 Å². The van der Waals surface area contributed by atoms with Crippen LogP contribution in [0.25, 0.3) is 0 Å². The van der Waals surface area contributed by atoms with Crippen LogP contribution in [0.1, 0.15) is 25.0 Å². The zero-order valence-corrected chi connectivity index (χ0v) is 11.5. The molecule has 1 aromatic carbocycles. The standard InChI is InChI=1S/C13H17NO6/c1-13(12(18-2)19-3)7-10(15)9-6-8(14(16)17)4-5-11(9)20-13/h4-6,10,12,15H,7H2,1-3H3/t10-,13-/m0/s1. The molecule has 0 amide bonds. The molecule has 1 aliphatic heterocycles. The van der Waals surface area contributed by atoms with Gasteiger partial charge in [0.05, 0.1) is 11.0 Å². The second-order valence-corrected chi connectivity index (χ2v) is 4.92. The molecule has 0 spiro atoms. The zero-order chi connectivity index (χ0) is 14.9. The molecule has 0 saturated heterocycles. The Bertz CT molecular complexity index is 516. The van der Waals surface area contributed by atoms with Gasteiger partial charge in [0.2, 0.25) is 0 Å². The Morgan fingerprint density at radius 1 is 1.50 bits per heavy atom. The Morgan fingerprint density at radius 3 is 2.70 bits per heavy atom. The maximum absolute atomic E-state index is 10.8. The minimum Gasteiger partial charge on any atom is -0.482 e. The molecular weight excluding hydrogens is 266 g/mol. The number of non-ortho nitro benzene ring substituents is 1. The number of aliphatic hydroxyl groups excluding tert-OH is 1. The highest BCUT2D eigenvalue weighted by molar-refractivity contribution is 5.46. The van der Waals surface area contributed by atoms with Gasteiger partial charge in [0.25, 0.3) is 5.69 Å². The van der Waals surface area contributed by atoms with Crippen molar-refractivity contribution in [3.05, 3.63) is 33.9 Å². The molecule has 2 atom stereocenters. The molecule has 1 aliphatic rings. The number of hydrogen-bond donors (Lipinski definition) is 1. The van der Waals surface area contributed by atoms with E-state index in [2.05, 4.69) is 0 Å². The Morgan fingerprint density at radius 2 is 2.15 bits per heavy atom. The van der Waals surface area contributed by atoms with Gasteiger partial charge in [-0.3, -0.25) is 10.1 Å². The molecule has 0 fully saturated rings. The first-order valence-corrected chi connectivity index (χ1v) is 6.12. The number of methoxy groups -OCH3 is 2. The summed E-state index contributed by atoms with van der Waals surface area (Å²) < 4.78 is 16.2. The van der Waals surface area contributed by atoms with Crippen LogP contribution in [0.3, 0.4) is 0 Å². The van der Waals surface area contributed by atoms with Gasteiger partial charge in [-0.25, -0.2) is 0 Å². The fraction of sp³-hybridized carbons (Fsp3) is 0.538. The summed E-state index contributed by atoms with van der Waals surface area (Å²) >= 11 is 0. The Balaban J connectivity index is 2.37. The predicted octanol–water partition coefficient (Wildman–Crippen LogP) is 1.79. The van der Waals surface area contributed by atoms with Crippen molar-refractivity contribution in [3.63, 3.8) is 0 Å². The molecule has 7 nitrogen and oxygen atoms in total. The van der Waals surface area contributed by atoms with Gasteiger partial charge in [-0.15, -0.1) is 0 Å². The van der Waals surface area contributed by atoms with E-state index in [1.165, 1.54) is 32.4 Å². The molecule has 0 unspecified atom stereocenters. The van der Waals surface area contributed by atoms with E-state index in [4.69, 9.17) is 14.2 Å². The van der Waals surface area contributed by atoms with E-state index < -0.39 is 22.9 Å². The van der Waals surface area contributed by atoms with Gasteiger partial charge in [-0.05, 0) is 13.0 Å². The molecule has 20 heavy (non-hydrogen) atoms. The third-order valence-electron chi connectivity index (χ3n) is 3.43. The number of ether oxygens (including phenoxy) is 3. The minimum absolute atomic E-state index is 0.0787. The van der Waals surface area contributed by atoms with Crippen LogP contribution < -0.4 is 4.74 Å². The van der Waals surface area contributed by atoms with Gasteiger partial charge in [0.15, 0.2) is 11.9 Å². The number of nitro benzene ring substituents is 1. The number of aliphatic hydroxyl groups is 1. The highest BCUT2D eigenvalue weighted by Gasteiger charge is 2.44. The molecule has 1 heterocycles. The van der Waals surface area contributed by atoms with Crippen molar-refractivity contribution in [3.8, 4) is 5.75 Å². The third kappa shape index (κ3) is 2.47. The fourth-order valence-corrected chi connectivity index (χ4v) is 2.53. The lowest BCUT2D eigenvalue weighted by atomic mass is 9.89. The van der Waals surface area contributed by atoms with Crippen LogP contribution in [0.15, 0.2) is 18.2 Å². The van der Waals surface area contributed by atoms with Crippen molar-refractivity contribution in [2.24, 2.45) is 0 Å². The van der Waals surface area contributed by atoms with E-state index >= 15 is 0 Å². The van der Waals surface area contributed by atoms with Crippen LogP contribution in [-0.4, -0.2) is 36.1 Å². The van der Waals surface area contributed by atoms with Crippen LogP contribution in [0, 0.1) is 10.1 Å². The van der Waals surface area contributed by atoms with Crippen molar-refractivity contribution in [2.45, 2.75) is 31.3 Å². The average Bonchev–Trinajstić information content (AvgIpc) is 2.39. The topological polar surface area (TPSA) is 91.1 Å². The smallest absolute Gasteiger partial charge is 0.270 e. The van der Waals surface area contributed by atoms with Crippen molar-refractivity contribution >= 4 is 5.69 Å². The summed E-state index contributed by atoms with van der Waals surface area (Å²) in [4.78, 5) is 10.3. The molecule has 0 bridgehead atoms. The molecule has 0 aromatic heterocycles. The van der Waals surface area contributed by atoms with Gasteiger partial charge in [-0.1, -0.05) is 0 Å².